The number of rotatable bonds is 13. The van der Waals surface area contributed by atoms with Gasteiger partial charge < -0.3 is 19.4 Å². The summed E-state index contributed by atoms with van der Waals surface area (Å²) in [5, 5.41) is 2.93. The van der Waals surface area contributed by atoms with Crippen molar-refractivity contribution in [2.75, 3.05) is 26.5 Å². The van der Waals surface area contributed by atoms with Gasteiger partial charge in [0.15, 0.2) is 5.69 Å². The maximum Gasteiger partial charge on any atom is 0.273 e. The SMILES string of the molecule is COc1ccc(CCC(=O)NS(C)(=O)=O)c(C(=O)N2CCC[C@H]2c2nc(C(=O)NCCCCC3CCCCC3)co2)c1. The van der Waals surface area contributed by atoms with E-state index in [0.29, 0.717) is 42.3 Å². The van der Waals surface area contributed by atoms with Gasteiger partial charge in [-0.15, -0.1) is 0 Å². The van der Waals surface area contributed by atoms with E-state index in [1.54, 1.807) is 23.1 Å². The molecule has 2 fully saturated rings. The van der Waals surface area contributed by atoms with Gasteiger partial charge in [0.1, 0.15) is 18.1 Å². The van der Waals surface area contributed by atoms with Gasteiger partial charge in [0.05, 0.1) is 13.4 Å². The van der Waals surface area contributed by atoms with Crippen LogP contribution < -0.4 is 14.8 Å². The van der Waals surface area contributed by atoms with E-state index in [0.717, 1.165) is 31.4 Å². The molecule has 1 saturated carbocycles. The number of methoxy groups -OCH3 is 1. The fraction of sp³-hybridized carbons (Fsp3) is 0.600. The molecule has 230 valence electrons. The molecule has 0 bridgehead atoms. The molecule has 1 saturated heterocycles. The highest BCUT2D eigenvalue weighted by atomic mass is 32.2. The number of ether oxygens (including phenoxy) is 1. The van der Waals surface area contributed by atoms with Crippen molar-refractivity contribution in [2.24, 2.45) is 5.92 Å². The maximum absolute atomic E-state index is 13.8. The predicted octanol–water partition coefficient (Wildman–Crippen LogP) is 4.15. The van der Waals surface area contributed by atoms with Crippen molar-refractivity contribution in [1.29, 1.82) is 0 Å². The van der Waals surface area contributed by atoms with Gasteiger partial charge in [-0.3, -0.25) is 19.1 Å². The molecule has 12 heteroatoms. The zero-order chi connectivity index (χ0) is 30.1. The Hall–Kier alpha value is -3.41. The van der Waals surface area contributed by atoms with Crippen molar-refractivity contribution in [2.45, 2.75) is 83.1 Å². The second kappa shape index (κ2) is 14.7. The third-order valence-corrected chi connectivity index (χ3v) is 8.67. The number of nitrogens with zero attached hydrogens (tertiary/aromatic N) is 2. The van der Waals surface area contributed by atoms with Crippen LogP contribution in [-0.2, 0) is 21.2 Å². The van der Waals surface area contributed by atoms with Gasteiger partial charge in [-0.1, -0.05) is 51.0 Å². The molecule has 2 aromatic rings. The number of nitrogens with one attached hydrogen (secondary N) is 2. The summed E-state index contributed by atoms with van der Waals surface area (Å²) in [6.07, 6.45) is 13.6. The molecule has 0 unspecified atom stereocenters. The number of benzene rings is 1. The number of sulfonamides is 1. The van der Waals surface area contributed by atoms with E-state index in [1.807, 2.05) is 4.72 Å². The molecule has 2 heterocycles. The molecule has 1 atom stereocenters. The maximum atomic E-state index is 13.8. The number of carbonyl (C=O) groups is 3. The lowest BCUT2D eigenvalue weighted by atomic mass is 9.86. The van der Waals surface area contributed by atoms with Crippen LogP contribution in [0.25, 0.3) is 0 Å². The van der Waals surface area contributed by atoms with E-state index in [-0.39, 0.29) is 30.3 Å². The molecule has 4 rings (SSSR count). The van der Waals surface area contributed by atoms with E-state index in [4.69, 9.17) is 9.15 Å². The van der Waals surface area contributed by atoms with Crippen LogP contribution in [-0.4, -0.2) is 62.5 Å². The summed E-state index contributed by atoms with van der Waals surface area (Å²) in [6, 6.07) is 4.57. The average molecular weight is 603 g/mol. The first-order valence-electron chi connectivity index (χ1n) is 14.9. The van der Waals surface area contributed by atoms with Crippen LogP contribution in [0.4, 0.5) is 0 Å². The number of oxazole rings is 1. The van der Waals surface area contributed by atoms with Crippen LogP contribution >= 0.6 is 0 Å². The molecule has 42 heavy (non-hydrogen) atoms. The van der Waals surface area contributed by atoms with Crippen LogP contribution in [0.15, 0.2) is 28.9 Å². The number of aromatic nitrogens is 1. The summed E-state index contributed by atoms with van der Waals surface area (Å²) in [6.45, 7) is 1.06. The fourth-order valence-electron chi connectivity index (χ4n) is 5.90. The van der Waals surface area contributed by atoms with Crippen LogP contribution in [0.3, 0.4) is 0 Å². The van der Waals surface area contributed by atoms with Crippen LogP contribution in [0.2, 0.25) is 0 Å². The first-order chi connectivity index (χ1) is 20.1. The first kappa shape index (κ1) is 31.5. The van der Waals surface area contributed by atoms with Gasteiger partial charge in [0.2, 0.25) is 21.8 Å². The van der Waals surface area contributed by atoms with Crippen molar-refractivity contribution in [3.63, 3.8) is 0 Å². The van der Waals surface area contributed by atoms with Gasteiger partial charge >= 0.3 is 0 Å². The number of unbranched alkanes of at least 4 members (excludes halogenated alkanes) is 1. The molecular weight excluding hydrogens is 560 g/mol. The molecule has 0 spiro atoms. The topological polar surface area (TPSA) is 148 Å². The molecule has 2 aliphatic rings. The number of amides is 3. The highest BCUT2D eigenvalue weighted by Crippen LogP contribution is 2.34. The Bertz CT molecular complexity index is 1350. The smallest absolute Gasteiger partial charge is 0.273 e. The summed E-state index contributed by atoms with van der Waals surface area (Å²) < 4.78 is 35.7. The third-order valence-electron chi connectivity index (χ3n) is 8.07. The number of aryl methyl sites for hydroxylation is 1. The molecule has 2 N–H and O–H groups in total. The Kier molecular flexibility index (Phi) is 11.0. The van der Waals surface area contributed by atoms with Crippen molar-refractivity contribution < 1.29 is 32.0 Å². The largest absolute Gasteiger partial charge is 0.497 e. The molecule has 1 aliphatic heterocycles. The second-order valence-corrected chi connectivity index (χ2v) is 13.1. The minimum absolute atomic E-state index is 0.109. The van der Waals surface area contributed by atoms with Gasteiger partial charge in [-0.25, -0.2) is 13.4 Å². The Morgan fingerprint density at radius 2 is 1.88 bits per heavy atom. The normalized spacial score (nSPS) is 17.7. The van der Waals surface area contributed by atoms with E-state index in [2.05, 4.69) is 10.3 Å². The standard InChI is InChI=1S/C30H42N4O7S/c1-40-23-15-13-22(14-16-27(35)33-42(2,38)39)24(19-23)30(37)34-18-8-12-26(34)29-32-25(20-41-29)28(36)31-17-7-6-11-21-9-4-3-5-10-21/h13,15,19-21,26H,3-12,14,16-18H2,1-2H3,(H,31,36)(H,33,35)/t26-/m0/s1. The summed E-state index contributed by atoms with van der Waals surface area (Å²) in [7, 11) is -2.18. The zero-order valence-corrected chi connectivity index (χ0v) is 25.3. The zero-order valence-electron chi connectivity index (χ0n) is 24.5. The first-order valence-corrected chi connectivity index (χ1v) is 16.8. The quantitative estimate of drug-likeness (QED) is 0.325. The van der Waals surface area contributed by atoms with Gasteiger partial charge in [-0.05, 0) is 49.3 Å². The highest BCUT2D eigenvalue weighted by molar-refractivity contribution is 7.89. The van der Waals surface area contributed by atoms with Crippen LogP contribution in [0.1, 0.15) is 109 Å². The Morgan fingerprint density at radius 1 is 1.10 bits per heavy atom. The van der Waals surface area contributed by atoms with Crippen LogP contribution in [0, 0.1) is 5.92 Å². The average Bonchev–Trinajstić information content (AvgIpc) is 3.65. The Morgan fingerprint density at radius 3 is 2.62 bits per heavy atom. The molecule has 1 aliphatic carbocycles. The molecular formula is C30H42N4O7S. The number of likely N-dealkylation sites (tertiary alicyclic amines) is 1. The number of carbonyl (C=O) groups excluding carboxylic acids is 3. The van der Waals surface area contributed by atoms with Gasteiger partial charge in [-0.2, -0.15) is 0 Å². The van der Waals surface area contributed by atoms with Crippen molar-refractivity contribution >= 4 is 27.7 Å². The van der Waals surface area contributed by atoms with E-state index in [9.17, 15) is 22.8 Å². The van der Waals surface area contributed by atoms with Gasteiger partial charge in [0, 0.05) is 25.1 Å². The number of hydrogen-bond acceptors (Lipinski definition) is 8. The fourth-order valence-corrected chi connectivity index (χ4v) is 6.41. The van der Waals surface area contributed by atoms with Crippen molar-refractivity contribution in [1.82, 2.24) is 19.9 Å². The predicted molar refractivity (Wildman–Crippen MR) is 157 cm³/mol. The van der Waals surface area contributed by atoms with Crippen molar-refractivity contribution in [3.05, 3.63) is 47.2 Å². The van der Waals surface area contributed by atoms with E-state index in [1.165, 1.54) is 51.9 Å². The molecule has 1 aromatic heterocycles. The lowest BCUT2D eigenvalue weighted by Crippen LogP contribution is -2.32. The highest BCUT2D eigenvalue weighted by Gasteiger charge is 2.35. The minimum atomic E-state index is -3.67. The third kappa shape index (κ3) is 8.80. The summed E-state index contributed by atoms with van der Waals surface area (Å²) >= 11 is 0. The molecule has 1 aromatic carbocycles. The monoisotopic (exact) mass is 602 g/mol. The Balaban J connectivity index is 1.36. The summed E-state index contributed by atoms with van der Waals surface area (Å²) in [4.78, 5) is 44.7. The molecule has 3 amide bonds. The molecule has 0 radical (unpaired) electrons. The lowest BCUT2D eigenvalue weighted by Gasteiger charge is -2.24. The van der Waals surface area contributed by atoms with E-state index >= 15 is 0 Å². The Labute approximate surface area is 247 Å². The molecule has 11 nitrogen and oxygen atoms in total. The summed E-state index contributed by atoms with van der Waals surface area (Å²) in [5.41, 5.74) is 1.13. The van der Waals surface area contributed by atoms with E-state index < -0.39 is 22.0 Å². The summed E-state index contributed by atoms with van der Waals surface area (Å²) in [5.74, 6) is 0.392. The van der Waals surface area contributed by atoms with Crippen LogP contribution in [0.5, 0.6) is 5.75 Å². The number of hydrogen-bond donors (Lipinski definition) is 2. The van der Waals surface area contributed by atoms with Gasteiger partial charge in [0.25, 0.3) is 11.8 Å². The second-order valence-electron chi connectivity index (χ2n) is 11.3. The minimum Gasteiger partial charge on any atom is -0.497 e. The lowest BCUT2D eigenvalue weighted by molar-refractivity contribution is -0.119. The van der Waals surface area contributed by atoms with Crippen molar-refractivity contribution in [3.8, 4) is 5.75 Å².